The minimum atomic E-state index is -0.204. The number of methoxy groups -OCH3 is 1. The van der Waals surface area contributed by atoms with Gasteiger partial charge in [-0.25, -0.2) is 0 Å². The van der Waals surface area contributed by atoms with E-state index in [0.717, 1.165) is 29.8 Å². The number of ether oxygens (including phenoxy) is 1. The van der Waals surface area contributed by atoms with Gasteiger partial charge in [0.1, 0.15) is 5.75 Å². The normalized spacial score (nSPS) is 20.5. The van der Waals surface area contributed by atoms with Crippen LogP contribution in [0.2, 0.25) is 0 Å². The van der Waals surface area contributed by atoms with Crippen molar-refractivity contribution in [2.24, 2.45) is 0 Å². The third-order valence-corrected chi connectivity index (χ3v) is 3.18. The Hall–Kier alpha value is -1.51. The summed E-state index contributed by atoms with van der Waals surface area (Å²) in [6, 6.07) is 5.76. The highest BCUT2D eigenvalue weighted by molar-refractivity contribution is 6.08. The van der Waals surface area contributed by atoms with E-state index in [0.29, 0.717) is 0 Å². The molecule has 1 fully saturated rings. The molecule has 1 saturated carbocycles. The number of nitrogens with one attached hydrogen (secondary N) is 1. The van der Waals surface area contributed by atoms with Crippen LogP contribution in [-0.2, 0) is 10.2 Å². The third-order valence-electron chi connectivity index (χ3n) is 3.18. The SMILES string of the molecule is COc1ccc2c(c1)C1(CC1)C(=O)N2. The predicted molar refractivity (Wildman–Crippen MR) is 52.5 cm³/mol. The molecule has 3 heteroatoms. The number of fused-ring (bicyclic) bond motifs is 2. The fraction of sp³-hybridized carbons (Fsp3) is 0.364. The molecule has 0 saturated heterocycles. The van der Waals surface area contributed by atoms with E-state index in [1.165, 1.54) is 0 Å². The van der Waals surface area contributed by atoms with E-state index in [4.69, 9.17) is 4.74 Å². The summed E-state index contributed by atoms with van der Waals surface area (Å²) in [5, 5.41) is 2.91. The van der Waals surface area contributed by atoms with Crippen LogP contribution in [0.4, 0.5) is 5.69 Å². The standard InChI is InChI=1S/C11H11NO2/c1-14-7-2-3-9-8(6-7)11(4-5-11)10(13)12-9/h2-3,6H,4-5H2,1H3,(H,12,13). The van der Waals surface area contributed by atoms with Crippen LogP contribution in [-0.4, -0.2) is 13.0 Å². The van der Waals surface area contributed by atoms with Gasteiger partial charge in [0, 0.05) is 5.69 Å². The van der Waals surface area contributed by atoms with Gasteiger partial charge in [0.25, 0.3) is 0 Å². The van der Waals surface area contributed by atoms with Gasteiger partial charge in [-0.05, 0) is 36.6 Å². The molecule has 3 nitrogen and oxygen atoms in total. The quantitative estimate of drug-likeness (QED) is 0.729. The Balaban J connectivity index is 2.16. The van der Waals surface area contributed by atoms with Crippen molar-refractivity contribution in [2.75, 3.05) is 12.4 Å². The van der Waals surface area contributed by atoms with Gasteiger partial charge in [0.05, 0.1) is 12.5 Å². The summed E-state index contributed by atoms with van der Waals surface area (Å²) in [5.41, 5.74) is 1.86. The average Bonchev–Trinajstić information content (AvgIpc) is 2.94. The molecule has 0 aromatic heterocycles. The summed E-state index contributed by atoms with van der Waals surface area (Å²) in [5.74, 6) is 0.979. The molecule has 1 N–H and O–H groups in total. The Morgan fingerprint density at radius 1 is 1.43 bits per heavy atom. The van der Waals surface area contributed by atoms with Gasteiger partial charge in [-0.15, -0.1) is 0 Å². The zero-order chi connectivity index (χ0) is 9.76. The lowest BCUT2D eigenvalue weighted by atomic mass is 9.98. The summed E-state index contributed by atoms with van der Waals surface area (Å²) in [7, 11) is 1.64. The molecule has 1 aromatic rings. The lowest BCUT2D eigenvalue weighted by molar-refractivity contribution is -0.117. The summed E-state index contributed by atoms with van der Waals surface area (Å²) in [6.45, 7) is 0. The van der Waals surface area contributed by atoms with Crippen molar-refractivity contribution >= 4 is 11.6 Å². The van der Waals surface area contributed by atoms with Crippen LogP contribution in [0.5, 0.6) is 5.75 Å². The van der Waals surface area contributed by atoms with E-state index in [-0.39, 0.29) is 11.3 Å². The van der Waals surface area contributed by atoms with Gasteiger partial charge in [-0.1, -0.05) is 0 Å². The lowest BCUT2D eigenvalue weighted by Crippen LogP contribution is -2.18. The molecule has 1 aliphatic heterocycles. The van der Waals surface area contributed by atoms with Crippen molar-refractivity contribution in [1.29, 1.82) is 0 Å². The zero-order valence-corrected chi connectivity index (χ0v) is 7.96. The zero-order valence-electron chi connectivity index (χ0n) is 7.96. The second-order valence-electron chi connectivity index (χ2n) is 3.95. The first-order valence-corrected chi connectivity index (χ1v) is 4.76. The minimum Gasteiger partial charge on any atom is -0.497 e. The molecule has 2 aliphatic rings. The first kappa shape index (κ1) is 7.85. The van der Waals surface area contributed by atoms with Crippen molar-refractivity contribution < 1.29 is 9.53 Å². The second kappa shape index (κ2) is 2.29. The van der Waals surface area contributed by atoms with Gasteiger partial charge < -0.3 is 10.1 Å². The highest BCUT2D eigenvalue weighted by atomic mass is 16.5. The second-order valence-corrected chi connectivity index (χ2v) is 3.95. The monoisotopic (exact) mass is 189 g/mol. The molecule has 0 atom stereocenters. The van der Waals surface area contributed by atoms with Crippen molar-refractivity contribution in [3.05, 3.63) is 23.8 Å². The number of benzene rings is 1. The largest absolute Gasteiger partial charge is 0.497 e. The van der Waals surface area contributed by atoms with E-state index in [9.17, 15) is 4.79 Å². The van der Waals surface area contributed by atoms with E-state index in [1.54, 1.807) is 7.11 Å². The van der Waals surface area contributed by atoms with Crippen LogP contribution in [0.1, 0.15) is 18.4 Å². The van der Waals surface area contributed by atoms with E-state index in [1.807, 2.05) is 18.2 Å². The number of rotatable bonds is 1. The molecule has 0 bridgehead atoms. The Kier molecular flexibility index (Phi) is 1.29. The number of hydrogen-bond donors (Lipinski definition) is 1. The average molecular weight is 189 g/mol. The Labute approximate surface area is 82.1 Å². The molecule has 1 heterocycles. The third kappa shape index (κ3) is 0.794. The summed E-state index contributed by atoms with van der Waals surface area (Å²) >= 11 is 0. The predicted octanol–water partition coefficient (Wildman–Crippen LogP) is 1.68. The maximum absolute atomic E-state index is 11.7. The van der Waals surface area contributed by atoms with Gasteiger partial charge in [-0.2, -0.15) is 0 Å². The highest BCUT2D eigenvalue weighted by Gasteiger charge is 2.56. The Bertz CT molecular complexity index is 421. The maximum atomic E-state index is 11.7. The number of carbonyl (C=O) groups is 1. The van der Waals surface area contributed by atoms with Crippen molar-refractivity contribution in [3.63, 3.8) is 0 Å². The summed E-state index contributed by atoms with van der Waals surface area (Å²) in [6.07, 6.45) is 1.94. The van der Waals surface area contributed by atoms with Gasteiger partial charge in [-0.3, -0.25) is 4.79 Å². The first-order chi connectivity index (χ1) is 6.76. The van der Waals surface area contributed by atoms with Gasteiger partial charge in [0.15, 0.2) is 0 Å². The Morgan fingerprint density at radius 3 is 2.86 bits per heavy atom. The fourth-order valence-corrected chi connectivity index (χ4v) is 2.14. The minimum absolute atomic E-state index is 0.153. The van der Waals surface area contributed by atoms with Crippen LogP contribution in [0.15, 0.2) is 18.2 Å². The molecular formula is C11H11NO2. The number of anilines is 1. The van der Waals surface area contributed by atoms with Gasteiger partial charge >= 0.3 is 0 Å². The first-order valence-electron chi connectivity index (χ1n) is 4.76. The molecule has 1 spiro atoms. The van der Waals surface area contributed by atoms with Crippen LogP contribution in [0.25, 0.3) is 0 Å². The number of carbonyl (C=O) groups excluding carboxylic acids is 1. The molecule has 0 radical (unpaired) electrons. The smallest absolute Gasteiger partial charge is 0.235 e. The van der Waals surface area contributed by atoms with E-state index >= 15 is 0 Å². The molecule has 3 rings (SSSR count). The van der Waals surface area contributed by atoms with E-state index < -0.39 is 0 Å². The van der Waals surface area contributed by atoms with Crippen LogP contribution >= 0.6 is 0 Å². The molecule has 1 amide bonds. The van der Waals surface area contributed by atoms with Crippen LogP contribution in [0, 0.1) is 0 Å². The van der Waals surface area contributed by atoms with Gasteiger partial charge in [0.2, 0.25) is 5.91 Å². The molecule has 1 aromatic carbocycles. The lowest BCUT2D eigenvalue weighted by Gasteiger charge is -2.06. The van der Waals surface area contributed by atoms with Crippen molar-refractivity contribution in [3.8, 4) is 5.75 Å². The molecule has 1 aliphatic carbocycles. The highest BCUT2D eigenvalue weighted by Crippen LogP contribution is 2.55. The van der Waals surface area contributed by atoms with Crippen molar-refractivity contribution in [1.82, 2.24) is 0 Å². The molecule has 14 heavy (non-hydrogen) atoms. The summed E-state index contributed by atoms with van der Waals surface area (Å²) in [4.78, 5) is 11.7. The molecular weight excluding hydrogens is 178 g/mol. The topological polar surface area (TPSA) is 38.3 Å². The number of hydrogen-bond acceptors (Lipinski definition) is 2. The summed E-state index contributed by atoms with van der Waals surface area (Å²) < 4.78 is 5.16. The molecule has 72 valence electrons. The fourth-order valence-electron chi connectivity index (χ4n) is 2.14. The maximum Gasteiger partial charge on any atom is 0.235 e. The van der Waals surface area contributed by atoms with E-state index in [2.05, 4.69) is 5.32 Å². The van der Waals surface area contributed by atoms with Crippen molar-refractivity contribution in [2.45, 2.75) is 18.3 Å². The van der Waals surface area contributed by atoms with Crippen LogP contribution < -0.4 is 10.1 Å². The molecule has 0 unspecified atom stereocenters. The van der Waals surface area contributed by atoms with Crippen LogP contribution in [0.3, 0.4) is 0 Å². The Morgan fingerprint density at radius 2 is 2.21 bits per heavy atom. The number of amides is 1.